The van der Waals surface area contributed by atoms with Crippen LogP contribution in [0.1, 0.15) is 97.3 Å². The van der Waals surface area contributed by atoms with Gasteiger partial charge in [-0.1, -0.05) is 52.4 Å². The Morgan fingerprint density at radius 3 is 1.96 bits per heavy atom. The third kappa shape index (κ3) is 16.4. The topological polar surface area (TPSA) is 52.6 Å². The Labute approximate surface area is 159 Å². The van der Waals surface area contributed by atoms with Crippen molar-refractivity contribution in [3.63, 3.8) is 0 Å². The van der Waals surface area contributed by atoms with E-state index >= 15 is 0 Å². The van der Waals surface area contributed by atoms with Crippen LogP contribution in [0.2, 0.25) is 0 Å². The monoisotopic (exact) mass is 376 g/mol. The van der Waals surface area contributed by atoms with Gasteiger partial charge in [0.15, 0.2) is 0 Å². The van der Waals surface area contributed by atoms with Crippen molar-refractivity contribution in [1.82, 2.24) is 0 Å². The third-order valence-electron chi connectivity index (χ3n) is 4.07. The molecule has 0 heterocycles. The van der Waals surface area contributed by atoms with E-state index in [1.807, 2.05) is 0 Å². The number of rotatable bonds is 17. The number of alkyl halides is 1. The molecule has 0 bridgehead atoms. The molecule has 0 aliphatic carbocycles. The van der Waals surface area contributed by atoms with Gasteiger partial charge >= 0.3 is 11.9 Å². The van der Waals surface area contributed by atoms with Crippen molar-refractivity contribution in [2.75, 3.05) is 12.5 Å². The Kier molecular flexibility index (Phi) is 17.5. The highest BCUT2D eigenvalue weighted by Crippen LogP contribution is 2.12. The average Bonchev–Trinajstić information content (AvgIpc) is 2.57. The molecule has 0 aromatic heterocycles. The van der Waals surface area contributed by atoms with Gasteiger partial charge in [-0.3, -0.25) is 9.59 Å². The first-order valence-corrected chi connectivity index (χ1v) is 10.6. The summed E-state index contributed by atoms with van der Waals surface area (Å²) in [6.45, 7) is 4.66. The second-order valence-corrected chi connectivity index (χ2v) is 6.95. The Balaban J connectivity index is 3.57. The lowest BCUT2D eigenvalue weighted by Crippen LogP contribution is -2.18. The van der Waals surface area contributed by atoms with Crippen LogP contribution in [-0.2, 0) is 19.1 Å². The smallest absolute Gasteiger partial charge is 0.306 e. The van der Waals surface area contributed by atoms with E-state index in [0.29, 0.717) is 19.4 Å². The molecule has 4 nitrogen and oxygen atoms in total. The molecule has 0 atom stereocenters. The van der Waals surface area contributed by atoms with Crippen LogP contribution in [0.4, 0.5) is 0 Å². The molecule has 25 heavy (non-hydrogen) atoms. The molecule has 0 N–H and O–H groups in total. The fourth-order valence-corrected chi connectivity index (χ4v) is 2.88. The molecule has 0 fully saturated rings. The normalized spacial score (nSPS) is 10.9. The molecule has 0 spiro atoms. The minimum absolute atomic E-state index is 0.0267. The zero-order valence-corrected chi connectivity index (χ0v) is 17.0. The molecule has 0 unspecified atom stereocenters. The third-order valence-corrected chi connectivity index (χ3v) is 4.34. The molecule has 0 aliphatic heterocycles. The van der Waals surface area contributed by atoms with E-state index in [1.54, 1.807) is 0 Å². The Morgan fingerprint density at radius 1 is 0.800 bits per heavy atom. The van der Waals surface area contributed by atoms with Crippen molar-refractivity contribution in [2.24, 2.45) is 0 Å². The first kappa shape index (κ1) is 24.2. The maximum absolute atomic E-state index is 11.8. The fraction of sp³-hybridized carbons (Fsp3) is 0.900. The van der Waals surface area contributed by atoms with Crippen molar-refractivity contribution < 1.29 is 19.1 Å². The van der Waals surface area contributed by atoms with Crippen LogP contribution < -0.4 is 0 Å². The zero-order chi connectivity index (χ0) is 18.8. The van der Waals surface area contributed by atoms with Crippen molar-refractivity contribution in [3.8, 4) is 0 Å². The Hall–Kier alpha value is -0.770. The van der Waals surface area contributed by atoms with Crippen LogP contribution in [0, 0.1) is 0 Å². The molecule has 0 aliphatic rings. The van der Waals surface area contributed by atoms with Gasteiger partial charge in [0.1, 0.15) is 6.10 Å². The molecule has 0 aromatic rings. The molecule has 0 amide bonds. The van der Waals surface area contributed by atoms with E-state index in [1.165, 1.54) is 12.8 Å². The minimum atomic E-state index is -0.214. The number of halogens is 1. The van der Waals surface area contributed by atoms with Gasteiger partial charge in [0.05, 0.1) is 6.61 Å². The molecule has 0 saturated carbocycles. The number of esters is 2. The second kappa shape index (κ2) is 18.0. The van der Waals surface area contributed by atoms with Crippen molar-refractivity contribution in [3.05, 3.63) is 0 Å². The summed E-state index contributed by atoms with van der Waals surface area (Å²) in [5.74, 6) is 0.327. The molecular weight excluding hydrogens is 340 g/mol. The van der Waals surface area contributed by atoms with E-state index in [2.05, 4.69) is 13.8 Å². The van der Waals surface area contributed by atoms with E-state index in [9.17, 15) is 9.59 Å². The summed E-state index contributed by atoms with van der Waals surface area (Å²) in [7, 11) is 0. The first-order chi connectivity index (χ1) is 12.1. The van der Waals surface area contributed by atoms with Crippen LogP contribution in [0.25, 0.3) is 0 Å². The number of hydrogen-bond acceptors (Lipinski definition) is 4. The number of carbonyl (C=O) groups is 2. The largest absolute Gasteiger partial charge is 0.466 e. The number of unbranched alkanes of at least 4 members (excludes halogenated alkanes) is 5. The van der Waals surface area contributed by atoms with E-state index in [4.69, 9.17) is 21.1 Å². The quantitative estimate of drug-likeness (QED) is 0.183. The summed E-state index contributed by atoms with van der Waals surface area (Å²) in [6.07, 6.45) is 11.6. The van der Waals surface area contributed by atoms with Crippen molar-refractivity contribution >= 4 is 23.5 Å². The molecule has 0 aromatic carbocycles. The molecule has 0 saturated heterocycles. The van der Waals surface area contributed by atoms with Crippen LogP contribution in [0.5, 0.6) is 0 Å². The summed E-state index contributed by atoms with van der Waals surface area (Å²) in [6, 6.07) is 0. The summed E-state index contributed by atoms with van der Waals surface area (Å²) in [5, 5.41) is 0. The highest BCUT2D eigenvalue weighted by Gasteiger charge is 2.13. The van der Waals surface area contributed by atoms with Gasteiger partial charge in [0.2, 0.25) is 0 Å². The van der Waals surface area contributed by atoms with Gasteiger partial charge < -0.3 is 9.47 Å². The van der Waals surface area contributed by atoms with Crippen LogP contribution in [-0.4, -0.2) is 30.5 Å². The van der Waals surface area contributed by atoms with Gasteiger partial charge in [-0.05, 0) is 32.1 Å². The molecule has 5 heteroatoms. The predicted octanol–water partition coefficient (Wildman–Crippen LogP) is 5.79. The Morgan fingerprint density at radius 2 is 1.36 bits per heavy atom. The maximum Gasteiger partial charge on any atom is 0.306 e. The number of hydrogen-bond donors (Lipinski definition) is 0. The van der Waals surface area contributed by atoms with Crippen molar-refractivity contribution in [1.29, 1.82) is 0 Å². The zero-order valence-electron chi connectivity index (χ0n) is 16.2. The van der Waals surface area contributed by atoms with Crippen LogP contribution in [0.3, 0.4) is 0 Å². The second-order valence-electron chi connectivity index (χ2n) is 6.57. The van der Waals surface area contributed by atoms with Crippen LogP contribution >= 0.6 is 11.6 Å². The highest BCUT2D eigenvalue weighted by atomic mass is 35.5. The summed E-state index contributed by atoms with van der Waals surface area (Å²) in [4.78, 5) is 23.4. The molecule has 148 valence electrons. The number of carbonyl (C=O) groups excluding carboxylic acids is 2. The van der Waals surface area contributed by atoms with Gasteiger partial charge in [0.25, 0.3) is 0 Å². The summed E-state index contributed by atoms with van der Waals surface area (Å²) in [5.41, 5.74) is 0. The van der Waals surface area contributed by atoms with Gasteiger partial charge in [-0.25, -0.2) is 0 Å². The molecule has 0 rings (SSSR count). The van der Waals surface area contributed by atoms with Gasteiger partial charge in [-0.15, -0.1) is 11.6 Å². The molecule has 0 radical (unpaired) electrons. The lowest BCUT2D eigenvalue weighted by atomic mass is 10.1. The Bertz CT molecular complexity index is 328. The fourth-order valence-electron chi connectivity index (χ4n) is 2.69. The van der Waals surface area contributed by atoms with Crippen molar-refractivity contribution in [2.45, 2.75) is 103 Å². The first-order valence-electron chi connectivity index (χ1n) is 10.0. The molecular formula is C20H37ClO4. The predicted molar refractivity (Wildman–Crippen MR) is 103 cm³/mol. The van der Waals surface area contributed by atoms with Gasteiger partial charge in [-0.2, -0.15) is 0 Å². The number of ether oxygens (including phenoxy) is 2. The lowest BCUT2D eigenvalue weighted by molar-refractivity contribution is -0.150. The average molecular weight is 377 g/mol. The van der Waals surface area contributed by atoms with E-state index in [-0.39, 0.29) is 24.5 Å². The van der Waals surface area contributed by atoms with E-state index < -0.39 is 0 Å². The van der Waals surface area contributed by atoms with Gasteiger partial charge in [0, 0.05) is 18.7 Å². The standard InChI is InChI=1S/C20H37ClO4/c1-3-12-18(13-4-2)25-20(23)15-11-14-19(22)24-17-10-8-6-5-7-9-16-21/h18H,3-17H2,1-2H3. The minimum Gasteiger partial charge on any atom is -0.466 e. The van der Waals surface area contributed by atoms with E-state index in [0.717, 1.165) is 57.2 Å². The highest BCUT2D eigenvalue weighted by molar-refractivity contribution is 6.17. The van der Waals surface area contributed by atoms with Crippen LogP contribution in [0.15, 0.2) is 0 Å². The maximum atomic E-state index is 11.8. The lowest BCUT2D eigenvalue weighted by Gasteiger charge is -2.16. The summed E-state index contributed by atoms with van der Waals surface area (Å²) < 4.78 is 10.7. The SMILES string of the molecule is CCCC(CCC)OC(=O)CCCC(=O)OCCCCCCCCCl. The summed E-state index contributed by atoms with van der Waals surface area (Å²) >= 11 is 5.63.